The van der Waals surface area contributed by atoms with Gasteiger partial charge in [-0.25, -0.2) is 4.98 Å². The molecule has 0 spiro atoms. The molecule has 0 unspecified atom stereocenters. The molecule has 0 bridgehead atoms. The maximum Gasteiger partial charge on any atom is 0.121 e. The first kappa shape index (κ1) is 16.9. The smallest absolute Gasteiger partial charge is 0.121 e. The molecular weight excluding hydrogens is 450 g/mol. The number of hydrogen-bond acceptors (Lipinski definition) is 2. The molecule has 2 aromatic heterocycles. The number of imidazole rings is 1. The number of aryl methyl sites for hydroxylation is 2. The molecular formula is C18H21IrN3. The van der Waals surface area contributed by atoms with Crippen LogP contribution >= 0.6 is 0 Å². The number of nitrogens with zero attached hydrogens (tertiary/aromatic N) is 3. The summed E-state index contributed by atoms with van der Waals surface area (Å²) in [4.78, 5) is 9.64. The summed E-state index contributed by atoms with van der Waals surface area (Å²) in [7, 11) is 2.08. The van der Waals surface area contributed by atoms with Gasteiger partial charge in [0.15, 0.2) is 0 Å². The van der Waals surface area contributed by atoms with Crippen LogP contribution in [0.1, 0.15) is 38.0 Å². The van der Waals surface area contributed by atoms with Gasteiger partial charge in [0.05, 0.1) is 22.1 Å². The van der Waals surface area contributed by atoms with Crippen molar-refractivity contribution in [3.05, 3.63) is 59.7 Å². The number of para-hydroxylation sites is 2. The number of fused-ring (bicyclic) bond motifs is 1. The molecule has 117 valence electrons. The number of rotatable bonds is 3. The van der Waals surface area contributed by atoms with Gasteiger partial charge in [0.1, 0.15) is 5.82 Å². The average molecular weight is 472 g/mol. The van der Waals surface area contributed by atoms with Crippen molar-refractivity contribution in [2.75, 3.05) is 0 Å². The van der Waals surface area contributed by atoms with Gasteiger partial charge in [0.25, 0.3) is 0 Å². The molecule has 22 heavy (non-hydrogen) atoms. The van der Waals surface area contributed by atoms with E-state index in [0.29, 0.717) is 0 Å². The molecule has 1 aromatic carbocycles. The van der Waals surface area contributed by atoms with Crippen molar-refractivity contribution < 1.29 is 20.1 Å². The summed E-state index contributed by atoms with van der Waals surface area (Å²) >= 11 is 0. The van der Waals surface area contributed by atoms with E-state index in [4.69, 9.17) is 9.97 Å². The molecule has 0 N–H and O–H groups in total. The summed E-state index contributed by atoms with van der Waals surface area (Å²) in [6.45, 7) is 6.51. The van der Waals surface area contributed by atoms with Crippen LogP contribution in [0.4, 0.5) is 0 Å². The van der Waals surface area contributed by atoms with Crippen LogP contribution in [0.25, 0.3) is 11.0 Å². The fourth-order valence-electron chi connectivity index (χ4n) is 2.84. The van der Waals surface area contributed by atoms with Gasteiger partial charge >= 0.3 is 0 Å². The zero-order valence-corrected chi connectivity index (χ0v) is 15.8. The van der Waals surface area contributed by atoms with Crippen molar-refractivity contribution in [1.82, 2.24) is 14.5 Å². The van der Waals surface area contributed by atoms with Gasteiger partial charge in [-0.05, 0) is 44.5 Å². The van der Waals surface area contributed by atoms with Crippen molar-refractivity contribution >= 4 is 11.0 Å². The standard InChI is InChI=1S/C18H21N3.Ir/c1-5-13-9-8-12-16(19-13)18(2,3)17-20-14-10-6-7-11-15(14)21(17)4;/h6-12H,5H2,1-4H3;. The summed E-state index contributed by atoms with van der Waals surface area (Å²) in [6, 6.07) is 14.5. The zero-order valence-electron chi connectivity index (χ0n) is 13.4. The van der Waals surface area contributed by atoms with Crippen LogP contribution in [0.15, 0.2) is 42.5 Å². The number of pyridine rings is 1. The Bertz CT molecular complexity index is 790. The summed E-state index contributed by atoms with van der Waals surface area (Å²) in [5.74, 6) is 1.05. The Morgan fingerprint density at radius 2 is 1.73 bits per heavy atom. The average Bonchev–Trinajstić information content (AvgIpc) is 2.86. The molecule has 0 aliphatic carbocycles. The Hall–Kier alpha value is -1.51. The second-order valence-electron chi connectivity index (χ2n) is 5.98. The van der Waals surface area contributed by atoms with Crippen molar-refractivity contribution in [2.24, 2.45) is 7.05 Å². The van der Waals surface area contributed by atoms with Crippen molar-refractivity contribution in [3.63, 3.8) is 0 Å². The molecule has 0 amide bonds. The van der Waals surface area contributed by atoms with E-state index in [2.05, 4.69) is 68.8 Å². The summed E-state index contributed by atoms with van der Waals surface area (Å²) in [5.41, 5.74) is 4.17. The molecule has 3 nitrogen and oxygen atoms in total. The second-order valence-corrected chi connectivity index (χ2v) is 5.98. The Morgan fingerprint density at radius 1 is 1.00 bits per heavy atom. The van der Waals surface area contributed by atoms with E-state index >= 15 is 0 Å². The molecule has 0 saturated carbocycles. The fraction of sp³-hybridized carbons (Fsp3) is 0.333. The molecule has 4 heteroatoms. The largest absolute Gasteiger partial charge is 0.330 e. The molecule has 2 heterocycles. The van der Waals surface area contributed by atoms with E-state index in [1.54, 1.807) is 0 Å². The Balaban J connectivity index is 0.00000176. The van der Waals surface area contributed by atoms with Crippen LogP contribution in [0.3, 0.4) is 0 Å². The fourth-order valence-corrected chi connectivity index (χ4v) is 2.84. The topological polar surface area (TPSA) is 30.7 Å². The van der Waals surface area contributed by atoms with Crippen molar-refractivity contribution in [2.45, 2.75) is 32.6 Å². The maximum absolute atomic E-state index is 4.84. The monoisotopic (exact) mass is 472 g/mol. The van der Waals surface area contributed by atoms with Gasteiger partial charge in [-0.15, -0.1) is 0 Å². The molecule has 0 saturated heterocycles. The van der Waals surface area contributed by atoms with Gasteiger partial charge < -0.3 is 4.57 Å². The molecule has 1 radical (unpaired) electrons. The molecule has 0 aliphatic heterocycles. The SMILES string of the molecule is CCc1cccc(C(C)(C)c2nc3ccccc3n2C)n1.[Ir]. The third-order valence-electron chi connectivity index (χ3n) is 4.16. The van der Waals surface area contributed by atoms with E-state index in [9.17, 15) is 0 Å². The van der Waals surface area contributed by atoms with Crippen LogP contribution < -0.4 is 0 Å². The van der Waals surface area contributed by atoms with Gasteiger partial charge in [0, 0.05) is 32.8 Å². The second kappa shape index (κ2) is 6.31. The first-order chi connectivity index (χ1) is 10.0. The first-order valence-corrected chi connectivity index (χ1v) is 7.42. The van der Waals surface area contributed by atoms with Crippen LogP contribution in [-0.4, -0.2) is 14.5 Å². The third-order valence-corrected chi connectivity index (χ3v) is 4.16. The predicted octanol–water partition coefficient (Wildman–Crippen LogP) is 3.85. The van der Waals surface area contributed by atoms with E-state index in [1.807, 2.05) is 6.07 Å². The number of benzene rings is 1. The van der Waals surface area contributed by atoms with E-state index in [0.717, 1.165) is 34.7 Å². The zero-order chi connectivity index (χ0) is 15.0. The number of aromatic nitrogens is 3. The minimum Gasteiger partial charge on any atom is -0.330 e. The van der Waals surface area contributed by atoms with E-state index in [-0.39, 0.29) is 25.5 Å². The Labute approximate surface area is 145 Å². The Kier molecular flexibility index (Phi) is 4.84. The summed E-state index contributed by atoms with van der Waals surface area (Å²) in [5, 5.41) is 0. The van der Waals surface area contributed by atoms with Gasteiger partial charge in [-0.3, -0.25) is 4.98 Å². The van der Waals surface area contributed by atoms with Gasteiger partial charge in [0.2, 0.25) is 0 Å². The molecule has 0 aliphatic rings. The van der Waals surface area contributed by atoms with Crippen molar-refractivity contribution in [1.29, 1.82) is 0 Å². The maximum atomic E-state index is 4.84. The first-order valence-electron chi connectivity index (χ1n) is 7.42. The van der Waals surface area contributed by atoms with Gasteiger partial charge in [-0.2, -0.15) is 0 Å². The van der Waals surface area contributed by atoms with Crippen molar-refractivity contribution in [3.8, 4) is 0 Å². The minimum atomic E-state index is -0.223. The van der Waals surface area contributed by atoms with Crippen LogP contribution in [-0.2, 0) is 39.0 Å². The van der Waals surface area contributed by atoms with Gasteiger partial charge in [-0.1, -0.05) is 25.1 Å². The quantitative estimate of drug-likeness (QED) is 0.581. The minimum absolute atomic E-state index is 0. The summed E-state index contributed by atoms with van der Waals surface area (Å²) in [6.07, 6.45) is 0.951. The van der Waals surface area contributed by atoms with Crippen LogP contribution in [0, 0.1) is 0 Å². The molecule has 0 fully saturated rings. The molecule has 3 rings (SSSR count). The van der Waals surface area contributed by atoms with Crippen LogP contribution in [0.5, 0.6) is 0 Å². The Morgan fingerprint density at radius 3 is 2.41 bits per heavy atom. The predicted molar refractivity (Wildman–Crippen MR) is 86.5 cm³/mol. The van der Waals surface area contributed by atoms with E-state index < -0.39 is 0 Å². The molecule has 0 atom stereocenters. The normalized spacial score (nSPS) is 11.5. The third kappa shape index (κ3) is 2.73. The van der Waals surface area contributed by atoms with Crippen LogP contribution in [0.2, 0.25) is 0 Å². The summed E-state index contributed by atoms with van der Waals surface area (Å²) < 4.78 is 2.18. The number of hydrogen-bond donors (Lipinski definition) is 0. The van der Waals surface area contributed by atoms with E-state index in [1.165, 1.54) is 0 Å². The molecule has 3 aromatic rings.